The Kier molecular flexibility index (Phi) is 3.43. The molecule has 0 saturated carbocycles. The second-order valence-electron chi connectivity index (χ2n) is 3.46. The lowest BCUT2D eigenvalue weighted by Gasteiger charge is -2.07. The standard InChI is InChI=1S/C13H11NO4/c1-17-9-3-2-4-10(7-9)18-11-5-6-14-12(8-11)13(15)16/h2-8H,1H3,(H,15,16). The van der Waals surface area contributed by atoms with Crippen LogP contribution < -0.4 is 9.47 Å². The summed E-state index contributed by atoms with van der Waals surface area (Å²) >= 11 is 0. The molecule has 0 saturated heterocycles. The van der Waals surface area contributed by atoms with Gasteiger partial charge in [-0.25, -0.2) is 9.78 Å². The molecule has 18 heavy (non-hydrogen) atoms. The number of nitrogens with zero attached hydrogens (tertiary/aromatic N) is 1. The van der Waals surface area contributed by atoms with Gasteiger partial charge in [0, 0.05) is 18.3 Å². The lowest BCUT2D eigenvalue weighted by Crippen LogP contribution is -1.99. The number of carboxylic acids is 1. The van der Waals surface area contributed by atoms with Crippen molar-refractivity contribution in [3.05, 3.63) is 48.3 Å². The highest BCUT2D eigenvalue weighted by Crippen LogP contribution is 2.25. The molecule has 0 amide bonds. The summed E-state index contributed by atoms with van der Waals surface area (Å²) < 4.78 is 10.6. The molecule has 0 atom stereocenters. The van der Waals surface area contributed by atoms with Crippen LogP contribution in [0.3, 0.4) is 0 Å². The molecule has 0 aliphatic carbocycles. The summed E-state index contributed by atoms with van der Waals surface area (Å²) in [5, 5.41) is 8.82. The van der Waals surface area contributed by atoms with Gasteiger partial charge < -0.3 is 14.6 Å². The molecular formula is C13H11NO4. The van der Waals surface area contributed by atoms with Crippen LogP contribution in [0.2, 0.25) is 0 Å². The number of carboxylic acid groups (broad SMARTS) is 1. The number of benzene rings is 1. The number of hydrogen-bond donors (Lipinski definition) is 1. The Labute approximate surface area is 104 Å². The number of aromatic nitrogens is 1. The maximum atomic E-state index is 10.8. The van der Waals surface area contributed by atoms with E-state index in [2.05, 4.69) is 4.98 Å². The van der Waals surface area contributed by atoms with Crippen molar-refractivity contribution in [1.29, 1.82) is 0 Å². The van der Waals surface area contributed by atoms with Crippen LogP contribution in [0, 0.1) is 0 Å². The second-order valence-corrected chi connectivity index (χ2v) is 3.46. The Morgan fingerprint density at radius 3 is 2.61 bits per heavy atom. The summed E-state index contributed by atoms with van der Waals surface area (Å²) in [6.45, 7) is 0. The van der Waals surface area contributed by atoms with Crippen LogP contribution in [0.5, 0.6) is 17.2 Å². The minimum atomic E-state index is -1.09. The van der Waals surface area contributed by atoms with Crippen molar-refractivity contribution in [2.45, 2.75) is 0 Å². The molecule has 1 aromatic heterocycles. The largest absolute Gasteiger partial charge is 0.497 e. The molecule has 5 nitrogen and oxygen atoms in total. The van der Waals surface area contributed by atoms with E-state index in [1.165, 1.54) is 12.3 Å². The zero-order valence-electron chi connectivity index (χ0n) is 9.66. The monoisotopic (exact) mass is 245 g/mol. The average molecular weight is 245 g/mol. The lowest BCUT2D eigenvalue weighted by molar-refractivity contribution is 0.0690. The molecule has 1 aromatic carbocycles. The molecule has 2 aromatic rings. The maximum absolute atomic E-state index is 10.8. The molecule has 1 N–H and O–H groups in total. The summed E-state index contributed by atoms with van der Waals surface area (Å²) in [6.07, 6.45) is 1.39. The summed E-state index contributed by atoms with van der Waals surface area (Å²) in [4.78, 5) is 14.5. The molecule has 0 bridgehead atoms. The summed E-state index contributed by atoms with van der Waals surface area (Å²) in [5.74, 6) is 0.554. The quantitative estimate of drug-likeness (QED) is 0.896. The van der Waals surface area contributed by atoms with Crippen LogP contribution in [-0.2, 0) is 0 Å². The predicted octanol–water partition coefficient (Wildman–Crippen LogP) is 2.58. The summed E-state index contributed by atoms with van der Waals surface area (Å²) in [7, 11) is 1.56. The molecule has 0 aliphatic heterocycles. The first-order chi connectivity index (χ1) is 8.69. The van der Waals surface area contributed by atoms with Crippen molar-refractivity contribution in [2.24, 2.45) is 0 Å². The van der Waals surface area contributed by atoms with E-state index in [1.807, 2.05) is 0 Å². The van der Waals surface area contributed by atoms with Crippen LogP contribution in [0.1, 0.15) is 10.5 Å². The average Bonchev–Trinajstić information content (AvgIpc) is 2.39. The highest BCUT2D eigenvalue weighted by molar-refractivity contribution is 5.85. The minimum Gasteiger partial charge on any atom is -0.497 e. The van der Waals surface area contributed by atoms with Gasteiger partial charge in [-0.3, -0.25) is 0 Å². The smallest absolute Gasteiger partial charge is 0.354 e. The van der Waals surface area contributed by atoms with Gasteiger partial charge >= 0.3 is 5.97 Å². The van der Waals surface area contributed by atoms with Crippen molar-refractivity contribution in [3.63, 3.8) is 0 Å². The molecule has 5 heteroatoms. The number of rotatable bonds is 4. The van der Waals surface area contributed by atoms with Crippen molar-refractivity contribution in [3.8, 4) is 17.2 Å². The SMILES string of the molecule is COc1cccc(Oc2ccnc(C(=O)O)c2)c1. The first-order valence-corrected chi connectivity index (χ1v) is 5.20. The molecule has 0 radical (unpaired) electrons. The van der Waals surface area contributed by atoms with E-state index in [0.29, 0.717) is 17.2 Å². The van der Waals surface area contributed by atoms with E-state index < -0.39 is 5.97 Å². The zero-order chi connectivity index (χ0) is 13.0. The Morgan fingerprint density at radius 1 is 1.17 bits per heavy atom. The third kappa shape index (κ3) is 2.76. The van der Waals surface area contributed by atoms with Gasteiger partial charge in [0.15, 0.2) is 5.69 Å². The summed E-state index contributed by atoms with van der Waals surface area (Å²) in [5.41, 5.74) is -0.0598. The van der Waals surface area contributed by atoms with Crippen molar-refractivity contribution < 1.29 is 19.4 Å². The van der Waals surface area contributed by atoms with Gasteiger partial charge in [0.1, 0.15) is 17.2 Å². The Hall–Kier alpha value is -2.56. The van der Waals surface area contributed by atoms with E-state index in [1.54, 1.807) is 37.4 Å². The Bertz CT molecular complexity index is 568. The van der Waals surface area contributed by atoms with Gasteiger partial charge in [0.25, 0.3) is 0 Å². The van der Waals surface area contributed by atoms with Crippen LogP contribution in [0.25, 0.3) is 0 Å². The fraction of sp³-hybridized carbons (Fsp3) is 0.0769. The molecule has 92 valence electrons. The highest BCUT2D eigenvalue weighted by atomic mass is 16.5. The third-order valence-corrected chi connectivity index (χ3v) is 2.23. The molecule has 1 heterocycles. The highest BCUT2D eigenvalue weighted by Gasteiger charge is 2.06. The van der Waals surface area contributed by atoms with E-state index in [-0.39, 0.29) is 5.69 Å². The van der Waals surface area contributed by atoms with Gasteiger partial charge in [-0.05, 0) is 18.2 Å². The molecule has 0 fully saturated rings. The van der Waals surface area contributed by atoms with Gasteiger partial charge in [-0.1, -0.05) is 6.07 Å². The van der Waals surface area contributed by atoms with Gasteiger partial charge in [0.2, 0.25) is 0 Å². The second kappa shape index (κ2) is 5.18. The molecule has 0 unspecified atom stereocenters. The zero-order valence-corrected chi connectivity index (χ0v) is 9.66. The number of ether oxygens (including phenoxy) is 2. The Balaban J connectivity index is 2.22. The maximum Gasteiger partial charge on any atom is 0.354 e. The number of methoxy groups -OCH3 is 1. The number of hydrogen-bond acceptors (Lipinski definition) is 4. The molecule has 0 spiro atoms. The number of carbonyl (C=O) groups is 1. The van der Waals surface area contributed by atoms with Crippen molar-refractivity contribution in [2.75, 3.05) is 7.11 Å². The first-order valence-electron chi connectivity index (χ1n) is 5.20. The van der Waals surface area contributed by atoms with E-state index in [0.717, 1.165) is 0 Å². The minimum absolute atomic E-state index is 0.0598. The summed E-state index contributed by atoms with van der Waals surface area (Å²) in [6, 6.07) is 9.99. The number of aromatic carboxylic acids is 1. The number of pyridine rings is 1. The fourth-order valence-corrected chi connectivity index (χ4v) is 1.39. The van der Waals surface area contributed by atoms with Gasteiger partial charge in [-0.2, -0.15) is 0 Å². The van der Waals surface area contributed by atoms with Crippen LogP contribution >= 0.6 is 0 Å². The molecule has 0 aliphatic rings. The van der Waals surface area contributed by atoms with Crippen LogP contribution in [0.4, 0.5) is 0 Å². The fourth-order valence-electron chi connectivity index (χ4n) is 1.39. The predicted molar refractivity (Wildman–Crippen MR) is 64.3 cm³/mol. The topological polar surface area (TPSA) is 68.7 Å². The Morgan fingerprint density at radius 2 is 1.89 bits per heavy atom. The molecule has 2 rings (SSSR count). The van der Waals surface area contributed by atoms with Gasteiger partial charge in [0.05, 0.1) is 7.11 Å². The van der Waals surface area contributed by atoms with Gasteiger partial charge in [-0.15, -0.1) is 0 Å². The van der Waals surface area contributed by atoms with E-state index >= 15 is 0 Å². The van der Waals surface area contributed by atoms with Crippen molar-refractivity contribution >= 4 is 5.97 Å². The third-order valence-electron chi connectivity index (χ3n) is 2.23. The van der Waals surface area contributed by atoms with Crippen LogP contribution in [-0.4, -0.2) is 23.2 Å². The van der Waals surface area contributed by atoms with Crippen LogP contribution in [0.15, 0.2) is 42.6 Å². The first kappa shape index (κ1) is 11.9. The normalized spacial score (nSPS) is 9.83. The molecular weight excluding hydrogens is 234 g/mol. The van der Waals surface area contributed by atoms with Crippen molar-refractivity contribution in [1.82, 2.24) is 4.98 Å². The lowest BCUT2D eigenvalue weighted by atomic mass is 10.3. The van der Waals surface area contributed by atoms with E-state index in [4.69, 9.17) is 14.6 Å². The van der Waals surface area contributed by atoms with E-state index in [9.17, 15) is 4.79 Å².